The topological polar surface area (TPSA) is 38.8 Å². The summed E-state index contributed by atoms with van der Waals surface area (Å²) in [5, 5.41) is 0.969. The van der Waals surface area contributed by atoms with E-state index < -0.39 is 5.79 Å². The summed E-state index contributed by atoms with van der Waals surface area (Å²) in [6.07, 6.45) is 12.5. The number of ether oxygens (including phenoxy) is 2. The van der Waals surface area contributed by atoms with Gasteiger partial charge in [0, 0.05) is 6.54 Å². The van der Waals surface area contributed by atoms with Gasteiger partial charge in [-0.25, -0.2) is 0 Å². The van der Waals surface area contributed by atoms with Crippen molar-refractivity contribution in [2.45, 2.75) is 76.9 Å². The molecule has 0 aliphatic carbocycles. The van der Waals surface area contributed by atoms with Crippen molar-refractivity contribution in [3.05, 3.63) is 27.7 Å². The highest BCUT2D eigenvalue weighted by Crippen LogP contribution is 2.51. The van der Waals surface area contributed by atoms with E-state index >= 15 is 0 Å². The Hall–Kier alpha value is -0.810. The smallest absolute Gasteiger partial charge is 0.292 e. The van der Waals surface area contributed by atoms with Crippen molar-refractivity contribution < 1.29 is 14.3 Å². The number of carbonyl (C=O) groups excluding carboxylic acids is 1. The first-order chi connectivity index (χ1) is 13.6. The van der Waals surface area contributed by atoms with E-state index in [2.05, 4.69) is 6.92 Å². The number of benzene rings is 1. The average molecular weight is 428 g/mol. The molecule has 0 N–H and O–H groups in total. The lowest BCUT2D eigenvalue weighted by Crippen LogP contribution is -2.41. The van der Waals surface area contributed by atoms with Crippen LogP contribution in [0.25, 0.3) is 0 Å². The third-order valence-corrected chi connectivity index (χ3v) is 6.25. The molecular formula is C22H31Cl2NO3. The van der Waals surface area contributed by atoms with Crippen LogP contribution in [-0.2, 0) is 20.1 Å². The Morgan fingerprint density at radius 1 is 0.893 bits per heavy atom. The second-order valence-corrected chi connectivity index (χ2v) is 8.52. The fourth-order valence-electron chi connectivity index (χ4n) is 4.16. The van der Waals surface area contributed by atoms with Crippen LogP contribution in [0.5, 0.6) is 0 Å². The maximum Gasteiger partial charge on any atom is 0.292 e. The first kappa shape index (κ1) is 21.9. The molecule has 1 spiro atoms. The SMILES string of the molecule is CCCCCCCCCCCCN1C(=O)C2(OCCO2)c2c(Cl)ccc(Cl)c21. The summed E-state index contributed by atoms with van der Waals surface area (Å²) in [5.74, 6) is -1.61. The highest BCUT2D eigenvalue weighted by atomic mass is 35.5. The summed E-state index contributed by atoms with van der Waals surface area (Å²) in [4.78, 5) is 14.8. The van der Waals surface area contributed by atoms with Crippen LogP contribution in [0.1, 0.15) is 76.7 Å². The van der Waals surface area contributed by atoms with E-state index in [0.29, 0.717) is 41.1 Å². The van der Waals surface area contributed by atoms with Crippen LogP contribution in [-0.4, -0.2) is 25.7 Å². The highest BCUT2D eigenvalue weighted by Gasteiger charge is 2.57. The Kier molecular flexibility index (Phi) is 8.04. The van der Waals surface area contributed by atoms with E-state index in [9.17, 15) is 4.79 Å². The summed E-state index contributed by atoms with van der Waals surface area (Å²) in [5.41, 5.74) is 1.22. The Balaban J connectivity index is 1.52. The Morgan fingerprint density at radius 2 is 1.43 bits per heavy atom. The Morgan fingerprint density at radius 3 is 2.04 bits per heavy atom. The van der Waals surface area contributed by atoms with Gasteiger partial charge in [0.2, 0.25) is 0 Å². The van der Waals surface area contributed by atoms with Crippen LogP contribution in [0.2, 0.25) is 10.0 Å². The van der Waals surface area contributed by atoms with Crippen LogP contribution < -0.4 is 4.90 Å². The van der Waals surface area contributed by atoms with Crippen molar-refractivity contribution in [1.82, 2.24) is 0 Å². The van der Waals surface area contributed by atoms with Gasteiger partial charge in [0.05, 0.1) is 34.5 Å². The number of nitrogens with zero attached hydrogens (tertiary/aromatic N) is 1. The monoisotopic (exact) mass is 427 g/mol. The second-order valence-electron chi connectivity index (χ2n) is 7.71. The van der Waals surface area contributed by atoms with Crippen LogP contribution in [0.4, 0.5) is 5.69 Å². The van der Waals surface area contributed by atoms with Crippen molar-refractivity contribution in [2.75, 3.05) is 24.7 Å². The number of rotatable bonds is 11. The number of amides is 1. The molecule has 1 fully saturated rings. The zero-order chi connectivity index (χ0) is 20.0. The molecule has 6 heteroatoms. The molecule has 0 aromatic heterocycles. The zero-order valence-electron chi connectivity index (χ0n) is 16.8. The maximum atomic E-state index is 13.1. The second kappa shape index (κ2) is 10.3. The van der Waals surface area contributed by atoms with Crippen molar-refractivity contribution >= 4 is 34.8 Å². The van der Waals surface area contributed by atoms with E-state index in [-0.39, 0.29) is 5.91 Å². The third-order valence-electron chi connectivity index (χ3n) is 5.63. The minimum Gasteiger partial charge on any atom is -0.336 e. The number of fused-ring (bicyclic) bond motifs is 2. The molecule has 0 radical (unpaired) electrons. The minimum absolute atomic E-state index is 0.203. The fourth-order valence-corrected chi connectivity index (χ4v) is 4.69. The number of hydrogen-bond acceptors (Lipinski definition) is 3. The number of carbonyl (C=O) groups is 1. The molecule has 2 aliphatic rings. The fraction of sp³-hybridized carbons (Fsp3) is 0.682. The molecule has 3 rings (SSSR count). The lowest BCUT2D eigenvalue weighted by Gasteiger charge is -2.22. The molecule has 1 aromatic rings. The first-order valence-electron chi connectivity index (χ1n) is 10.7. The third kappa shape index (κ3) is 4.51. The number of anilines is 1. The van der Waals surface area contributed by atoms with Gasteiger partial charge in [-0.15, -0.1) is 0 Å². The Labute approximate surface area is 178 Å². The summed E-state index contributed by atoms with van der Waals surface area (Å²) < 4.78 is 11.5. The number of hydrogen-bond donors (Lipinski definition) is 0. The van der Waals surface area contributed by atoms with Crippen molar-refractivity contribution in [1.29, 1.82) is 0 Å². The quantitative estimate of drug-likeness (QED) is 0.380. The average Bonchev–Trinajstić information content (AvgIpc) is 3.27. The summed E-state index contributed by atoms with van der Waals surface area (Å²) in [6, 6.07) is 3.43. The van der Waals surface area contributed by atoms with Crippen LogP contribution in [0, 0.1) is 0 Å². The van der Waals surface area contributed by atoms with E-state index in [1.165, 1.54) is 51.4 Å². The van der Waals surface area contributed by atoms with E-state index in [1.54, 1.807) is 17.0 Å². The largest absolute Gasteiger partial charge is 0.336 e. The Bertz CT molecular complexity index is 674. The van der Waals surface area contributed by atoms with Crippen LogP contribution in [0.3, 0.4) is 0 Å². The van der Waals surface area contributed by atoms with Gasteiger partial charge in [0.25, 0.3) is 11.7 Å². The van der Waals surface area contributed by atoms with E-state index in [1.807, 2.05) is 0 Å². The molecule has 2 heterocycles. The first-order valence-corrected chi connectivity index (χ1v) is 11.5. The normalized spacial score (nSPS) is 17.7. The summed E-state index contributed by atoms with van der Waals surface area (Å²) >= 11 is 12.8. The van der Waals surface area contributed by atoms with Crippen molar-refractivity contribution in [2.24, 2.45) is 0 Å². The van der Waals surface area contributed by atoms with Crippen molar-refractivity contribution in [3.63, 3.8) is 0 Å². The molecule has 1 saturated heterocycles. The molecule has 4 nitrogen and oxygen atoms in total. The predicted octanol–water partition coefficient (Wildman–Crippen LogP) is 6.46. The van der Waals surface area contributed by atoms with Gasteiger partial charge in [-0.3, -0.25) is 4.79 Å². The molecule has 0 atom stereocenters. The standard InChI is InChI=1S/C22H31Cl2NO3/c1-2-3-4-5-6-7-8-9-10-11-14-25-20-18(24)13-12-17(23)19(20)22(21(25)26)27-15-16-28-22/h12-13H,2-11,14-16H2,1H3. The molecule has 0 saturated carbocycles. The van der Waals surface area contributed by atoms with Gasteiger partial charge in [-0.1, -0.05) is 87.9 Å². The molecule has 28 heavy (non-hydrogen) atoms. The van der Waals surface area contributed by atoms with Crippen molar-refractivity contribution in [3.8, 4) is 0 Å². The molecule has 0 bridgehead atoms. The summed E-state index contributed by atoms with van der Waals surface area (Å²) in [6.45, 7) is 3.61. The lowest BCUT2D eigenvalue weighted by atomic mass is 10.1. The van der Waals surface area contributed by atoms with E-state index in [0.717, 1.165) is 12.8 Å². The number of halogens is 2. The maximum absolute atomic E-state index is 13.1. The molecule has 2 aliphatic heterocycles. The van der Waals surface area contributed by atoms with Crippen LogP contribution >= 0.6 is 23.2 Å². The number of unbranched alkanes of at least 4 members (excludes halogenated alkanes) is 9. The van der Waals surface area contributed by atoms with E-state index in [4.69, 9.17) is 32.7 Å². The van der Waals surface area contributed by atoms with Gasteiger partial charge >= 0.3 is 0 Å². The molecule has 156 valence electrons. The molecule has 1 aromatic carbocycles. The summed E-state index contributed by atoms with van der Waals surface area (Å²) in [7, 11) is 0. The highest BCUT2D eigenvalue weighted by molar-refractivity contribution is 6.38. The molecule has 0 unspecified atom stereocenters. The molecule has 1 amide bonds. The van der Waals surface area contributed by atoms with Gasteiger partial charge in [0.1, 0.15) is 0 Å². The predicted molar refractivity (Wildman–Crippen MR) is 114 cm³/mol. The van der Waals surface area contributed by atoms with Gasteiger partial charge < -0.3 is 14.4 Å². The van der Waals surface area contributed by atoms with Gasteiger partial charge in [-0.2, -0.15) is 0 Å². The van der Waals surface area contributed by atoms with Gasteiger partial charge in [-0.05, 0) is 18.6 Å². The van der Waals surface area contributed by atoms with Crippen LogP contribution in [0.15, 0.2) is 12.1 Å². The minimum atomic E-state index is -1.41. The molecular weight excluding hydrogens is 397 g/mol. The zero-order valence-corrected chi connectivity index (χ0v) is 18.3. The lowest BCUT2D eigenvalue weighted by molar-refractivity contribution is -0.180. The van der Waals surface area contributed by atoms with Gasteiger partial charge in [0.15, 0.2) is 0 Å².